The molecule has 0 aliphatic heterocycles. The van der Waals surface area contributed by atoms with Gasteiger partial charge in [0.2, 0.25) is 0 Å². The maximum Gasteiger partial charge on any atom is 0.252 e. The topological polar surface area (TPSA) is 69.6 Å². The second kappa shape index (κ2) is 5.15. The minimum Gasteiger partial charge on any atom is -0.388 e. The highest BCUT2D eigenvalue weighted by Crippen LogP contribution is 2.29. The summed E-state index contributed by atoms with van der Waals surface area (Å²) in [5.74, 6) is -0.328. The second-order valence-electron chi connectivity index (χ2n) is 4.85. The summed E-state index contributed by atoms with van der Waals surface area (Å²) >= 11 is 0. The Hall–Kier alpha value is -0.610. The Bertz CT molecular complexity index is 243. The van der Waals surface area contributed by atoms with Crippen molar-refractivity contribution in [2.45, 2.75) is 63.6 Å². The van der Waals surface area contributed by atoms with E-state index >= 15 is 0 Å². The third-order valence-electron chi connectivity index (χ3n) is 3.75. The van der Waals surface area contributed by atoms with Crippen LogP contribution < -0.4 is 5.32 Å². The van der Waals surface area contributed by atoms with Crippen molar-refractivity contribution in [3.05, 3.63) is 0 Å². The number of carbonyl (C=O) groups excluding carboxylic acids is 1. The molecule has 94 valence electrons. The van der Waals surface area contributed by atoms with Crippen molar-refractivity contribution in [1.29, 1.82) is 0 Å². The van der Waals surface area contributed by atoms with Gasteiger partial charge in [0, 0.05) is 6.54 Å². The number of carbonyl (C=O) groups is 1. The Morgan fingerprint density at radius 2 is 1.81 bits per heavy atom. The van der Waals surface area contributed by atoms with Crippen molar-refractivity contribution in [1.82, 2.24) is 5.32 Å². The lowest BCUT2D eigenvalue weighted by Crippen LogP contribution is -2.50. The second-order valence-corrected chi connectivity index (χ2v) is 4.85. The third kappa shape index (κ3) is 2.95. The van der Waals surface area contributed by atoms with Gasteiger partial charge < -0.3 is 15.5 Å². The highest BCUT2D eigenvalue weighted by Gasteiger charge is 2.39. The predicted molar refractivity (Wildman–Crippen MR) is 62.0 cm³/mol. The SMILES string of the molecule is CCC(O)(CC)CNC(=O)C1(O)CCCC1. The van der Waals surface area contributed by atoms with E-state index in [0.717, 1.165) is 12.8 Å². The number of aliphatic hydroxyl groups is 2. The monoisotopic (exact) mass is 229 g/mol. The Morgan fingerprint density at radius 1 is 1.31 bits per heavy atom. The molecule has 0 aromatic carbocycles. The fraction of sp³-hybridized carbons (Fsp3) is 0.917. The molecule has 0 bridgehead atoms. The third-order valence-corrected chi connectivity index (χ3v) is 3.75. The smallest absolute Gasteiger partial charge is 0.252 e. The average Bonchev–Trinajstić information content (AvgIpc) is 2.74. The average molecular weight is 229 g/mol. The Balaban J connectivity index is 2.46. The number of hydrogen-bond donors (Lipinski definition) is 3. The van der Waals surface area contributed by atoms with Crippen LogP contribution in [-0.4, -0.2) is 33.9 Å². The number of rotatable bonds is 5. The number of amides is 1. The maximum absolute atomic E-state index is 11.8. The highest BCUT2D eigenvalue weighted by molar-refractivity contribution is 5.85. The summed E-state index contributed by atoms with van der Waals surface area (Å²) in [4.78, 5) is 11.8. The highest BCUT2D eigenvalue weighted by atomic mass is 16.3. The molecule has 0 spiro atoms. The molecule has 0 saturated heterocycles. The van der Waals surface area contributed by atoms with Crippen LogP contribution in [0.25, 0.3) is 0 Å². The lowest BCUT2D eigenvalue weighted by Gasteiger charge is -2.28. The van der Waals surface area contributed by atoms with Crippen LogP contribution >= 0.6 is 0 Å². The van der Waals surface area contributed by atoms with Gasteiger partial charge in [-0.05, 0) is 38.5 Å². The number of hydrogen-bond acceptors (Lipinski definition) is 3. The maximum atomic E-state index is 11.8. The van der Waals surface area contributed by atoms with Gasteiger partial charge in [0.05, 0.1) is 5.60 Å². The molecular weight excluding hydrogens is 206 g/mol. The van der Waals surface area contributed by atoms with E-state index in [1.165, 1.54) is 0 Å². The quantitative estimate of drug-likeness (QED) is 0.657. The van der Waals surface area contributed by atoms with Crippen molar-refractivity contribution < 1.29 is 15.0 Å². The molecule has 0 aromatic heterocycles. The van der Waals surface area contributed by atoms with Gasteiger partial charge in [-0.15, -0.1) is 0 Å². The molecule has 0 aromatic rings. The van der Waals surface area contributed by atoms with Gasteiger partial charge >= 0.3 is 0 Å². The minimum atomic E-state index is -1.19. The molecule has 1 aliphatic carbocycles. The Kier molecular flexibility index (Phi) is 4.33. The van der Waals surface area contributed by atoms with Crippen LogP contribution in [0.4, 0.5) is 0 Å². The molecule has 1 amide bonds. The standard InChI is InChI=1S/C12H23NO3/c1-3-11(15,4-2)9-13-10(14)12(16)7-5-6-8-12/h15-16H,3-9H2,1-2H3,(H,13,14). The largest absolute Gasteiger partial charge is 0.388 e. The first-order valence-corrected chi connectivity index (χ1v) is 6.19. The van der Waals surface area contributed by atoms with Crippen LogP contribution in [0.2, 0.25) is 0 Å². The molecule has 3 N–H and O–H groups in total. The zero-order valence-corrected chi connectivity index (χ0v) is 10.3. The molecule has 1 fully saturated rings. The zero-order chi connectivity index (χ0) is 12.2. The van der Waals surface area contributed by atoms with E-state index in [4.69, 9.17) is 0 Å². The molecule has 4 nitrogen and oxygen atoms in total. The molecule has 1 saturated carbocycles. The molecule has 0 heterocycles. The first-order chi connectivity index (χ1) is 7.46. The summed E-state index contributed by atoms with van der Waals surface area (Å²) in [7, 11) is 0. The first kappa shape index (κ1) is 13.5. The molecule has 16 heavy (non-hydrogen) atoms. The summed E-state index contributed by atoms with van der Waals surface area (Å²) in [6, 6.07) is 0. The van der Waals surface area contributed by atoms with Crippen LogP contribution in [0.1, 0.15) is 52.4 Å². The van der Waals surface area contributed by atoms with Crippen molar-refractivity contribution in [3.63, 3.8) is 0 Å². The molecule has 4 heteroatoms. The Morgan fingerprint density at radius 3 is 2.25 bits per heavy atom. The van der Waals surface area contributed by atoms with Gasteiger partial charge in [0.15, 0.2) is 0 Å². The van der Waals surface area contributed by atoms with Crippen molar-refractivity contribution in [3.8, 4) is 0 Å². The fourth-order valence-corrected chi connectivity index (χ4v) is 2.10. The van der Waals surface area contributed by atoms with Crippen LogP contribution in [-0.2, 0) is 4.79 Å². The minimum absolute atomic E-state index is 0.223. The van der Waals surface area contributed by atoms with E-state index in [9.17, 15) is 15.0 Å². The molecule has 1 aliphatic rings. The van der Waals surface area contributed by atoms with Gasteiger partial charge in [-0.25, -0.2) is 0 Å². The van der Waals surface area contributed by atoms with Crippen molar-refractivity contribution >= 4 is 5.91 Å². The van der Waals surface area contributed by atoms with Gasteiger partial charge in [-0.2, -0.15) is 0 Å². The van der Waals surface area contributed by atoms with Crippen molar-refractivity contribution in [2.24, 2.45) is 0 Å². The number of nitrogens with one attached hydrogen (secondary N) is 1. The van der Waals surface area contributed by atoms with E-state index in [1.54, 1.807) is 0 Å². The summed E-state index contributed by atoms with van der Waals surface area (Å²) in [6.07, 6.45) is 4.07. The van der Waals surface area contributed by atoms with Crippen molar-refractivity contribution in [2.75, 3.05) is 6.54 Å². The summed E-state index contributed by atoms with van der Waals surface area (Å²) in [5.41, 5.74) is -2.03. The molecule has 0 radical (unpaired) electrons. The van der Waals surface area contributed by atoms with E-state index in [-0.39, 0.29) is 12.5 Å². The van der Waals surface area contributed by atoms with Gasteiger partial charge in [0.1, 0.15) is 5.60 Å². The summed E-state index contributed by atoms with van der Waals surface area (Å²) in [5, 5.41) is 22.7. The lowest BCUT2D eigenvalue weighted by molar-refractivity contribution is -0.140. The molecule has 1 rings (SSSR count). The van der Waals surface area contributed by atoms with Gasteiger partial charge in [-0.1, -0.05) is 13.8 Å². The van der Waals surface area contributed by atoms with Crippen LogP contribution in [0.3, 0.4) is 0 Å². The predicted octanol–water partition coefficient (Wildman–Crippen LogP) is 0.959. The van der Waals surface area contributed by atoms with E-state index < -0.39 is 11.2 Å². The molecular formula is C12H23NO3. The van der Waals surface area contributed by atoms with E-state index in [0.29, 0.717) is 25.7 Å². The van der Waals surface area contributed by atoms with E-state index in [1.807, 2.05) is 13.8 Å². The first-order valence-electron chi connectivity index (χ1n) is 6.19. The Labute approximate surface area is 97.0 Å². The molecule has 0 unspecified atom stereocenters. The normalized spacial score (nSPS) is 19.8. The van der Waals surface area contributed by atoms with E-state index in [2.05, 4.69) is 5.32 Å². The zero-order valence-electron chi connectivity index (χ0n) is 10.3. The van der Waals surface area contributed by atoms with Gasteiger partial charge in [0.25, 0.3) is 5.91 Å². The van der Waals surface area contributed by atoms with Crippen LogP contribution in [0.15, 0.2) is 0 Å². The summed E-state index contributed by atoms with van der Waals surface area (Å²) < 4.78 is 0. The van der Waals surface area contributed by atoms with Crippen LogP contribution in [0.5, 0.6) is 0 Å². The summed E-state index contributed by atoms with van der Waals surface area (Å²) in [6.45, 7) is 4.00. The van der Waals surface area contributed by atoms with Crippen LogP contribution in [0, 0.1) is 0 Å². The lowest BCUT2D eigenvalue weighted by atomic mass is 9.96. The fourth-order valence-electron chi connectivity index (χ4n) is 2.10. The van der Waals surface area contributed by atoms with Gasteiger partial charge in [-0.3, -0.25) is 4.79 Å². The molecule has 0 atom stereocenters.